The second-order valence-corrected chi connectivity index (χ2v) is 4.43. The normalized spacial score (nSPS) is 17.7. The molecule has 1 aliphatic rings. The van der Waals surface area contributed by atoms with Crippen LogP contribution in [-0.4, -0.2) is 7.11 Å². The van der Waals surface area contributed by atoms with Gasteiger partial charge < -0.3 is 10.5 Å². The van der Waals surface area contributed by atoms with Gasteiger partial charge in [-0.25, -0.2) is 4.39 Å². The van der Waals surface area contributed by atoms with E-state index in [0.717, 1.165) is 18.4 Å². The minimum absolute atomic E-state index is 0.0949. The van der Waals surface area contributed by atoms with Crippen LogP contribution in [0.5, 0.6) is 5.75 Å². The minimum Gasteiger partial charge on any atom is -0.496 e. The Hall–Kier alpha value is -0.800. The van der Waals surface area contributed by atoms with Crippen molar-refractivity contribution in [1.82, 2.24) is 0 Å². The lowest BCUT2D eigenvalue weighted by atomic mass is 10.0. The van der Waals surface area contributed by atoms with Crippen LogP contribution in [0.4, 0.5) is 4.39 Å². The Balaban J connectivity index is 2.68. The monoisotopic (exact) mass is 229 g/mol. The van der Waals surface area contributed by atoms with Gasteiger partial charge in [0.25, 0.3) is 0 Å². The third-order valence-electron chi connectivity index (χ3n) is 2.85. The summed E-state index contributed by atoms with van der Waals surface area (Å²) in [5.41, 5.74) is 6.90. The largest absolute Gasteiger partial charge is 0.496 e. The summed E-state index contributed by atoms with van der Waals surface area (Å²) in [6, 6.07) is 1.37. The van der Waals surface area contributed by atoms with E-state index in [1.165, 1.54) is 6.07 Å². The average molecular weight is 230 g/mol. The van der Waals surface area contributed by atoms with Gasteiger partial charge >= 0.3 is 0 Å². The van der Waals surface area contributed by atoms with Crippen LogP contribution in [0.1, 0.15) is 24.0 Å². The van der Waals surface area contributed by atoms with Gasteiger partial charge in [0.2, 0.25) is 0 Å². The molecule has 0 unspecified atom stereocenters. The maximum absolute atomic E-state index is 13.5. The lowest BCUT2D eigenvalue weighted by Gasteiger charge is -2.18. The van der Waals surface area contributed by atoms with Gasteiger partial charge in [-0.15, -0.1) is 0 Å². The summed E-state index contributed by atoms with van der Waals surface area (Å²) >= 11 is 5.94. The number of ether oxygens (including phenoxy) is 1. The van der Waals surface area contributed by atoms with Gasteiger partial charge in [0.15, 0.2) is 0 Å². The van der Waals surface area contributed by atoms with Crippen LogP contribution in [0.2, 0.25) is 5.02 Å². The maximum Gasteiger partial charge on any atom is 0.142 e. The van der Waals surface area contributed by atoms with Crippen LogP contribution >= 0.6 is 11.6 Å². The Labute approximate surface area is 93.2 Å². The fourth-order valence-electron chi connectivity index (χ4n) is 1.83. The standard InChI is InChI=1S/C11H13ClFNO/c1-6-5-7(13)9(12)8(10(6)15-2)11(14)3-4-11/h5H,3-4,14H2,1-2H3. The molecule has 0 aromatic heterocycles. The summed E-state index contributed by atoms with van der Waals surface area (Å²) in [6.07, 6.45) is 1.65. The SMILES string of the molecule is COc1c(C)cc(F)c(Cl)c1C1(N)CC1. The van der Waals surface area contributed by atoms with E-state index in [4.69, 9.17) is 22.1 Å². The van der Waals surface area contributed by atoms with Gasteiger partial charge in [-0.3, -0.25) is 0 Å². The van der Waals surface area contributed by atoms with Crippen LogP contribution < -0.4 is 10.5 Å². The van der Waals surface area contributed by atoms with Crippen molar-refractivity contribution in [3.63, 3.8) is 0 Å². The second-order valence-electron chi connectivity index (χ2n) is 4.05. The fraction of sp³-hybridized carbons (Fsp3) is 0.455. The molecule has 0 radical (unpaired) electrons. The quantitative estimate of drug-likeness (QED) is 0.847. The third-order valence-corrected chi connectivity index (χ3v) is 3.22. The predicted octanol–water partition coefficient (Wildman–Crippen LogP) is 2.74. The number of benzene rings is 1. The van der Waals surface area contributed by atoms with Gasteiger partial charge in [-0.05, 0) is 31.4 Å². The topological polar surface area (TPSA) is 35.2 Å². The molecule has 1 fully saturated rings. The highest BCUT2D eigenvalue weighted by Gasteiger charge is 2.45. The van der Waals surface area contributed by atoms with E-state index >= 15 is 0 Å². The molecule has 0 atom stereocenters. The Bertz CT molecular complexity index is 416. The highest BCUT2D eigenvalue weighted by atomic mass is 35.5. The van der Waals surface area contributed by atoms with Crippen LogP contribution in [0.15, 0.2) is 6.07 Å². The molecular weight excluding hydrogens is 217 g/mol. The van der Waals surface area contributed by atoms with Crippen molar-refractivity contribution in [2.45, 2.75) is 25.3 Å². The van der Waals surface area contributed by atoms with E-state index in [-0.39, 0.29) is 5.02 Å². The first kappa shape index (κ1) is 10.7. The van der Waals surface area contributed by atoms with Crippen LogP contribution in [0.25, 0.3) is 0 Å². The number of aryl methyl sites for hydroxylation is 1. The molecule has 0 aliphatic heterocycles. The van der Waals surface area contributed by atoms with Gasteiger partial charge in [0.1, 0.15) is 11.6 Å². The minimum atomic E-state index is -0.491. The number of hydrogen-bond donors (Lipinski definition) is 1. The average Bonchev–Trinajstić information content (AvgIpc) is 2.90. The number of nitrogens with two attached hydrogens (primary N) is 1. The zero-order valence-electron chi connectivity index (χ0n) is 8.73. The van der Waals surface area contributed by atoms with Crippen molar-refractivity contribution in [3.8, 4) is 5.75 Å². The van der Waals surface area contributed by atoms with Crippen molar-refractivity contribution in [3.05, 3.63) is 28.0 Å². The van der Waals surface area contributed by atoms with Gasteiger partial charge in [-0.1, -0.05) is 11.6 Å². The molecule has 2 rings (SSSR count). The molecule has 15 heavy (non-hydrogen) atoms. The Morgan fingerprint density at radius 3 is 2.60 bits per heavy atom. The number of hydrogen-bond acceptors (Lipinski definition) is 2. The summed E-state index contributed by atoms with van der Waals surface area (Å²) in [7, 11) is 1.55. The first-order chi connectivity index (χ1) is 6.99. The summed E-state index contributed by atoms with van der Waals surface area (Å²) in [6.45, 7) is 1.79. The number of rotatable bonds is 2. The Kier molecular flexibility index (Phi) is 2.40. The molecule has 1 aliphatic carbocycles. The van der Waals surface area contributed by atoms with E-state index in [1.54, 1.807) is 14.0 Å². The summed E-state index contributed by atoms with van der Waals surface area (Å²) in [4.78, 5) is 0. The van der Waals surface area contributed by atoms with Gasteiger partial charge in [0.05, 0.1) is 12.1 Å². The molecule has 0 amide bonds. The molecular formula is C11H13ClFNO. The number of halogens is 2. The first-order valence-electron chi connectivity index (χ1n) is 4.81. The van der Waals surface area contributed by atoms with E-state index in [9.17, 15) is 4.39 Å². The molecule has 1 aromatic rings. The van der Waals surface area contributed by atoms with Gasteiger partial charge in [-0.2, -0.15) is 0 Å². The van der Waals surface area contributed by atoms with E-state index in [1.807, 2.05) is 0 Å². The molecule has 82 valence electrons. The summed E-state index contributed by atoms with van der Waals surface area (Å²) in [5, 5.41) is 0.0949. The van der Waals surface area contributed by atoms with Crippen molar-refractivity contribution < 1.29 is 9.13 Å². The molecule has 4 heteroatoms. The van der Waals surface area contributed by atoms with Gasteiger partial charge in [0, 0.05) is 11.1 Å². The molecule has 2 N–H and O–H groups in total. The highest BCUT2D eigenvalue weighted by molar-refractivity contribution is 6.32. The third kappa shape index (κ3) is 1.60. The lowest BCUT2D eigenvalue weighted by molar-refractivity contribution is 0.399. The summed E-state index contributed by atoms with van der Waals surface area (Å²) in [5.74, 6) is 0.183. The van der Waals surface area contributed by atoms with Crippen molar-refractivity contribution in [2.24, 2.45) is 5.73 Å². The lowest BCUT2D eigenvalue weighted by Crippen LogP contribution is -2.21. The van der Waals surface area contributed by atoms with E-state index < -0.39 is 11.4 Å². The molecule has 1 saturated carbocycles. The number of methoxy groups -OCH3 is 1. The van der Waals surface area contributed by atoms with Crippen molar-refractivity contribution in [1.29, 1.82) is 0 Å². The van der Waals surface area contributed by atoms with E-state index in [0.29, 0.717) is 11.3 Å². The second kappa shape index (κ2) is 3.35. The highest BCUT2D eigenvalue weighted by Crippen LogP contribution is 2.50. The molecule has 0 spiro atoms. The predicted molar refractivity (Wildman–Crippen MR) is 57.8 cm³/mol. The van der Waals surface area contributed by atoms with Crippen LogP contribution in [0, 0.1) is 12.7 Å². The smallest absolute Gasteiger partial charge is 0.142 e. The van der Waals surface area contributed by atoms with Crippen LogP contribution in [-0.2, 0) is 5.54 Å². The van der Waals surface area contributed by atoms with Crippen LogP contribution in [0.3, 0.4) is 0 Å². The zero-order valence-corrected chi connectivity index (χ0v) is 9.49. The maximum atomic E-state index is 13.5. The van der Waals surface area contributed by atoms with E-state index in [2.05, 4.69) is 0 Å². The molecule has 1 aromatic carbocycles. The fourth-order valence-corrected chi connectivity index (χ4v) is 2.16. The molecule has 0 saturated heterocycles. The summed E-state index contributed by atoms with van der Waals surface area (Å²) < 4.78 is 18.7. The van der Waals surface area contributed by atoms with Crippen molar-refractivity contribution >= 4 is 11.6 Å². The molecule has 0 heterocycles. The molecule has 0 bridgehead atoms. The Morgan fingerprint density at radius 1 is 1.53 bits per heavy atom. The first-order valence-corrected chi connectivity index (χ1v) is 5.19. The van der Waals surface area contributed by atoms with Crippen molar-refractivity contribution in [2.75, 3.05) is 7.11 Å². The molecule has 2 nitrogen and oxygen atoms in total. The zero-order chi connectivity index (χ0) is 11.2. The Morgan fingerprint density at radius 2 is 2.13 bits per heavy atom.